The Morgan fingerprint density at radius 2 is 1.56 bits per heavy atom. The van der Waals surface area contributed by atoms with Crippen LogP contribution in [-0.2, 0) is 16.5 Å². The van der Waals surface area contributed by atoms with Gasteiger partial charge >= 0.3 is 8.80 Å². The van der Waals surface area contributed by atoms with Gasteiger partial charge in [-0.3, -0.25) is 4.55 Å². The van der Waals surface area contributed by atoms with Crippen molar-refractivity contribution in [1.82, 2.24) is 0 Å². The molecule has 0 aromatic heterocycles. The van der Waals surface area contributed by atoms with Crippen LogP contribution in [0.4, 0.5) is 0 Å². The van der Waals surface area contributed by atoms with Gasteiger partial charge in [-0.25, -0.2) is 0 Å². The van der Waals surface area contributed by atoms with Crippen LogP contribution in [0.1, 0.15) is 5.56 Å². The maximum absolute atomic E-state index is 10.7. The first-order chi connectivity index (χ1) is 7.18. The van der Waals surface area contributed by atoms with Crippen molar-refractivity contribution in [2.75, 3.05) is 0 Å². The average molecular weight is 264 g/mol. The Balaban J connectivity index is 2.73. The molecule has 0 fully saturated rings. The molecule has 4 N–H and O–H groups in total. The van der Waals surface area contributed by atoms with Crippen molar-refractivity contribution in [1.29, 1.82) is 0 Å². The summed E-state index contributed by atoms with van der Waals surface area (Å²) in [6, 6.07) is 5.13. The molecule has 0 saturated carbocycles. The lowest BCUT2D eigenvalue weighted by molar-refractivity contribution is 0.228. The van der Waals surface area contributed by atoms with E-state index in [1.807, 2.05) is 0 Å². The lowest BCUT2D eigenvalue weighted by atomic mass is 10.2. The summed E-state index contributed by atoms with van der Waals surface area (Å²) in [7, 11) is -8.26. The fourth-order valence-electron chi connectivity index (χ4n) is 1.14. The molecule has 6 nitrogen and oxygen atoms in total. The molecule has 0 radical (unpaired) electrons. The second-order valence-corrected chi connectivity index (χ2v) is 6.86. The van der Waals surface area contributed by atoms with Gasteiger partial charge in [-0.1, -0.05) is 12.1 Å². The summed E-state index contributed by atoms with van der Waals surface area (Å²) in [6.45, 7) is 0. The Morgan fingerprint density at radius 1 is 1.06 bits per heavy atom. The van der Waals surface area contributed by atoms with E-state index in [-0.39, 0.29) is 17.4 Å². The molecule has 0 saturated heterocycles. The predicted octanol–water partition coefficient (Wildman–Crippen LogP) is -0.608. The third-order valence-electron chi connectivity index (χ3n) is 1.97. The Kier molecular flexibility index (Phi) is 3.83. The molecule has 0 aliphatic carbocycles. The van der Waals surface area contributed by atoms with Crippen LogP contribution < -0.4 is 0 Å². The summed E-state index contributed by atoms with van der Waals surface area (Å²) >= 11 is 0. The lowest BCUT2D eigenvalue weighted by Gasteiger charge is -2.08. The summed E-state index contributed by atoms with van der Waals surface area (Å²) in [5.74, 6) is 0. The van der Waals surface area contributed by atoms with E-state index in [2.05, 4.69) is 0 Å². The van der Waals surface area contributed by atoms with Gasteiger partial charge in [0.2, 0.25) is 0 Å². The average Bonchev–Trinajstić information content (AvgIpc) is 2.13. The van der Waals surface area contributed by atoms with Gasteiger partial charge in [0.1, 0.15) is 0 Å². The Bertz CT molecular complexity index is 446. The van der Waals surface area contributed by atoms with E-state index in [1.54, 1.807) is 0 Å². The number of hydrogen-bond donors (Lipinski definition) is 4. The number of rotatable bonds is 4. The van der Waals surface area contributed by atoms with E-state index in [1.165, 1.54) is 24.3 Å². The van der Waals surface area contributed by atoms with Crippen molar-refractivity contribution in [3.05, 3.63) is 29.8 Å². The highest BCUT2D eigenvalue weighted by Gasteiger charge is 2.25. The molecule has 0 unspecified atom stereocenters. The van der Waals surface area contributed by atoms with Gasteiger partial charge in [-0.2, -0.15) is 8.42 Å². The minimum atomic E-state index is -4.20. The quantitative estimate of drug-likeness (QED) is 0.426. The molecule has 1 aromatic rings. The Morgan fingerprint density at radius 3 is 1.94 bits per heavy atom. The second-order valence-electron chi connectivity index (χ2n) is 3.39. The van der Waals surface area contributed by atoms with E-state index in [9.17, 15) is 8.42 Å². The summed E-state index contributed by atoms with van der Waals surface area (Å²) in [6.07, 6.45) is 0.224. The molecule has 0 heterocycles. The van der Waals surface area contributed by atoms with Crippen molar-refractivity contribution < 1.29 is 27.4 Å². The zero-order chi connectivity index (χ0) is 12.4. The Labute approximate surface area is 93.9 Å². The Hall–Kier alpha value is -0.773. The SMILES string of the molecule is O=S(=O)(O)c1ccc(CC[Si](O)(O)O)cc1. The van der Waals surface area contributed by atoms with Crippen LogP contribution in [0.3, 0.4) is 0 Å². The van der Waals surface area contributed by atoms with Crippen LogP contribution in [0.5, 0.6) is 0 Å². The fourth-order valence-corrected chi connectivity index (χ4v) is 2.24. The predicted molar refractivity (Wildman–Crippen MR) is 57.2 cm³/mol. The molecule has 0 aliphatic rings. The molecule has 90 valence electrons. The smallest absolute Gasteiger partial charge is 0.390 e. The molecular weight excluding hydrogens is 252 g/mol. The van der Waals surface area contributed by atoms with Crippen molar-refractivity contribution in [2.24, 2.45) is 0 Å². The lowest BCUT2D eigenvalue weighted by Crippen LogP contribution is -2.34. The maximum Gasteiger partial charge on any atom is 0.493 e. The summed E-state index contributed by atoms with van der Waals surface area (Å²) in [5.41, 5.74) is 0.640. The van der Waals surface area contributed by atoms with Crippen LogP contribution in [0.2, 0.25) is 6.04 Å². The molecule has 0 bridgehead atoms. The highest BCUT2D eigenvalue weighted by Crippen LogP contribution is 2.13. The van der Waals surface area contributed by atoms with Crippen LogP contribution in [-0.4, -0.2) is 36.2 Å². The van der Waals surface area contributed by atoms with E-state index in [0.717, 1.165) is 0 Å². The van der Waals surface area contributed by atoms with E-state index >= 15 is 0 Å². The van der Waals surface area contributed by atoms with Gasteiger partial charge in [-0.05, 0) is 24.1 Å². The van der Waals surface area contributed by atoms with Crippen molar-refractivity contribution in [3.63, 3.8) is 0 Å². The zero-order valence-electron chi connectivity index (χ0n) is 8.24. The van der Waals surface area contributed by atoms with E-state index < -0.39 is 18.9 Å². The molecule has 0 amide bonds. The first kappa shape index (κ1) is 13.3. The van der Waals surface area contributed by atoms with Gasteiger partial charge in [0, 0.05) is 6.04 Å². The zero-order valence-corrected chi connectivity index (χ0v) is 10.1. The largest absolute Gasteiger partial charge is 0.493 e. The normalized spacial score (nSPS) is 12.8. The van der Waals surface area contributed by atoms with Crippen LogP contribution in [0, 0.1) is 0 Å². The first-order valence-electron chi connectivity index (χ1n) is 4.42. The van der Waals surface area contributed by atoms with Crippen LogP contribution in [0.25, 0.3) is 0 Å². The molecule has 1 aromatic carbocycles. The summed E-state index contributed by atoms with van der Waals surface area (Å²) in [4.78, 5) is 26.1. The highest BCUT2D eigenvalue weighted by atomic mass is 32.2. The monoisotopic (exact) mass is 264 g/mol. The number of hydrogen-bond acceptors (Lipinski definition) is 5. The van der Waals surface area contributed by atoms with Gasteiger partial charge < -0.3 is 14.4 Å². The molecular formula is C8H12O6SSi. The third-order valence-corrected chi connectivity index (χ3v) is 3.76. The minimum Gasteiger partial charge on any atom is -0.390 e. The summed E-state index contributed by atoms with van der Waals surface area (Å²) < 4.78 is 30.1. The van der Waals surface area contributed by atoms with Gasteiger partial charge in [0.15, 0.2) is 0 Å². The van der Waals surface area contributed by atoms with Crippen LogP contribution in [0.15, 0.2) is 29.2 Å². The molecule has 0 atom stereocenters. The number of benzene rings is 1. The van der Waals surface area contributed by atoms with Crippen molar-refractivity contribution in [2.45, 2.75) is 17.4 Å². The minimum absolute atomic E-state index is 0.155. The fraction of sp³-hybridized carbons (Fsp3) is 0.250. The van der Waals surface area contributed by atoms with E-state index in [4.69, 9.17) is 18.9 Å². The van der Waals surface area contributed by atoms with E-state index in [0.29, 0.717) is 5.56 Å². The molecule has 0 aliphatic heterocycles. The molecule has 1 rings (SSSR count). The van der Waals surface area contributed by atoms with Crippen molar-refractivity contribution in [3.8, 4) is 0 Å². The van der Waals surface area contributed by atoms with Crippen LogP contribution >= 0.6 is 0 Å². The number of aryl methyl sites for hydroxylation is 1. The maximum atomic E-state index is 10.7. The van der Waals surface area contributed by atoms with Gasteiger partial charge in [0.05, 0.1) is 4.90 Å². The van der Waals surface area contributed by atoms with Crippen molar-refractivity contribution >= 4 is 18.9 Å². The molecule has 8 heteroatoms. The standard InChI is InChI=1S/C8H12O6SSi/c9-15(10,11)8-3-1-7(2-4-8)5-6-16(12,13)14/h1-4,12-14H,5-6H2,(H,9,10,11). The van der Waals surface area contributed by atoms with Gasteiger partial charge in [0.25, 0.3) is 10.1 Å². The molecule has 16 heavy (non-hydrogen) atoms. The first-order valence-corrected chi connectivity index (χ1v) is 7.91. The summed E-state index contributed by atoms with van der Waals surface area (Å²) in [5, 5.41) is 0. The highest BCUT2D eigenvalue weighted by molar-refractivity contribution is 7.85. The second kappa shape index (κ2) is 4.61. The molecule has 0 spiro atoms. The topological polar surface area (TPSA) is 115 Å². The third kappa shape index (κ3) is 4.39. The van der Waals surface area contributed by atoms with Gasteiger partial charge in [-0.15, -0.1) is 0 Å².